The molecule has 36 heavy (non-hydrogen) atoms. The number of likely N-dealkylation sites (N-methyl/N-ethyl adjacent to an activating group) is 1. The van der Waals surface area contributed by atoms with Gasteiger partial charge in [0.2, 0.25) is 0 Å². The lowest BCUT2D eigenvalue weighted by molar-refractivity contribution is 0.0972. The van der Waals surface area contributed by atoms with Crippen LogP contribution in [-0.4, -0.2) is 60.8 Å². The molecule has 0 spiro atoms. The number of carbonyl (C=O) groups excluding carboxylic acids is 2. The maximum atomic E-state index is 13.8. The van der Waals surface area contributed by atoms with Crippen molar-refractivity contribution in [2.75, 3.05) is 39.2 Å². The van der Waals surface area contributed by atoms with Crippen molar-refractivity contribution < 1.29 is 14.3 Å². The molecule has 0 radical (unpaired) electrons. The van der Waals surface area contributed by atoms with E-state index >= 15 is 0 Å². The number of fused-ring (bicyclic) bond motifs is 1. The van der Waals surface area contributed by atoms with Gasteiger partial charge in [0.15, 0.2) is 5.69 Å². The topological polar surface area (TPSA) is 93.7 Å². The van der Waals surface area contributed by atoms with Crippen LogP contribution in [0.15, 0.2) is 48.5 Å². The third-order valence-corrected chi connectivity index (χ3v) is 7.33. The van der Waals surface area contributed by atoms with Crippen molar-refractivity contribution in [1.29, 1.82) is 0 Å². The fourth-order valence-corrected chi connectivity index (χ4v) is 5.29. The first-order chi connectivity index (χ1) is 17.2. The van der Waals surface area contributed by atoms with E-state index in [0.29, 0.717) is 35.7 Å². The van der Waals surface area contributed by atoms with E-state index in [1.165, 1.54) is 10.2 Å². The molecule has 0 fully saturated rings. The van der Waals surface area contributed by atoms with Crippen LogP contribution in [0.3, 0.4) is 0 Å². The summed E-state index contributed by atoms with van der Waals surface area (Å²) in [5.41, 5.74) is 9.54. The summed E-state index contributed by atoms with van der Waals surface area (Å²) in [6.45, 7) is 5.87. The average molecular weight is 490 g/mol. The molecule has 0 atom stereocenters. The fraction of sp³-hybridized carbons (Fsp3) is 0.393. The van der Waals surface area contributed by atoms with Crippen LogP contribution >= 0.6 is 0 Å². The minimum atomic E-state index is -0.638. The molecular weight excluding hydrogens is 454 g/mol. The zero-order chi connectivity index (χ0) is 26.0. The minimum Gasteiger partial charge on any atom is -0.497 e. The number of primary amides is 1. The molecule has 2 N–H and O–H groups in total. The molecule has 0 unspecified atom stereocenters. The van der Waals surface area contributed by atoms with Crippen LogP contribution in [0.5, 0.6) is 5.75 Å². The van der Waals surface area contributed by atoms with Crippen molar-refractivity contribution in [3.05, 3.63) is 71.0 Å². The third-order valence-electron chi connectivity index (χ3n) is 7.33. The summed E-state index contributed by atoms with van der Waals surface area (Å²) >= 11 is 0. The van der Waals surface area contributed by atoms with Crippen LogP contribution in [0, 0.1) is 0 Å². The van der Waals surface area contributed by atoms with Gasteiger partial charge in [-0.2, -0.15) is 5.10 Å². The van der Waals surface area contributed by atoms with E-state index in [4.69, 9.17) is 10.5 Å². The number of hydrogen-bond acceptors (Lipinski definition) is 5. The number of amides is 2. The van der Waals surface area contributed by atoms with Crippen molar-refractivity contribution in [3.8, 4) is 11.4 Å². The van der Waals surface area contributed by atoms with E-state index in [2.05, 4.69) is 50.1 Å². The zero-order valence-corrected chi connectivity index (χ0v) is 21.7. The van der Waals surface area contributed by atoms with Gasteiger partial charge < -0.3 is 20.3 Å². The number of methoxy groups -OCH3 is 1. The third kappa shape index (κ3) is 4.48. The van der Waals surface area contributed by atoms with E-state index in [-0.39, 0.29) is 17.0 Å². The molecular formula is C28H35N5O3. The largest absolute Gasteiger partial charge is 0.497 e. The summed E-state index contributed by atoms with van der Waals surface area (Å²) in [5, 5.41) is 4.44. The van der Waals surface area contributed by atoms with Crippen molar-refractivity contribution in [2.45, 2.75) is 38.5 Å². The number of rotatable bonds is 9. The molecule has 1 aliphatic heterocycles. The Morgan fingerprint density at radius 2 is 1.67 bits per heavy atom. The number of anilines is 1. The summed E-state index contributed by atoms with van der Waals surface area (Å²) in [7, 11) is 5.80. The molecule has 3 aromatic rings. The summed E-state index contributed by atoms with van der Waals surface area (Å²) < 4.78 is 6.77. The summed E-state index contributed by atoms with van der Waals surface area (Å²) in [6, 6.07) is 15.5. The Morgan fingerprint density at radius 3 is 2.19 bits per heavy atom. The van der Waals surface area contributed by atoms with E-state index < -0.39 is 5.91 Å². The first kappa shape index (κ1) is 25.4. The van der Waals surface area contributed by atoms with Crippen molar-refractivity contribution >= 4 is 17.5 Å². The highest BCUT2D eigenvalue weighted by Crippen LogP contribution is 2.35. The Bertz CT molecular complexity index is 1240. The lowest BCUT2D eigenvalue weighted by atomic mass is 9.75. The molecule has 0 bridgehead atoms. The molecule has 0 aliphatic carbocycles. The zero-order valence-electron chi connectivity index (χ0n) is 21.7. The Morgan fingerprint density at radius 1 is 1.06 bits per heavy atom. The van der Waals surface area contributed by atoms with Crippen molar-refractivity contribution in [2.24, 2.45) is 5.73 Å². The summed E-state index contributed by atoms with van der Waals surface area (Å²) in [4.78, 5) is 29.9. The Balaban J connectivity index is 1.71. The summed E-state index contributed by atoms with van der Waals surface area (Å²) in [5.74, 6) is -0.154. The molecule has 0 saturated carbocycles. The second-order valence-electron chi connectivity index (χ2n) is 9.63. The molecule has 2 aromatic carbocycles. The van der Waals surface area contributed by atoms with E-state index in [1.54, 1.807) is 36.3 Å². The predicted molar refractivity (Wildman–Crippen MR) is 141 cm³/mol. The fourth-order valence-electron chi connectivity index (χ4n) is 5.29. The van der Waals surface area contributed by atoms with Gasteiger partial charge in [0.25, 0.3) is 11.8 Å². The van der Waals surface area contributed by atoms with Gasteiger partial charge in [-0.1, -0.05) is 26.0 Å². The highest BCUT2D eigenvalue weighted by Gasteiger charge is 2.35. The molecule has 190 valence electrons. The molecule has 2 heterocycles. The van der Waals surface area contributed by atoms with Crippen molar-refractivity contribution in [3.63, 3.8) is 0 Å². The number of nitrogens with two attached hydrogens (primary N) is 1. The number of nitrogens with zero attached hydrogens (tertiary/aromatic N) is 4. The smallest absolute Gasteiger partial charge is 0.277 e. The van der Waals surface area contributed by atoms with Crippen LogP contribution in [0.1, 0.15) is 58.8 Å². The summed E-state index contributed by atoms with van der Waals surface area (Å²) in [6.07, 6.45) is 2.56. The molecule has 8 nitrogen and oxygen atoms in total. The second-order valence-corrected chi connectivity index (χ2v) is 9.63. The Hall–Kier alpha value is -3.65. The van der Waals surface area contributed by atoms with Gasteiger partial charge in [-0.3, -0.25) is 9.59 Å². The highest BCUT2D eigenvalue weighted by molar-refractivity contribution is 6.09. The normalized spacial score (nSPS) is 13.7. The second kappa shape index (κ2) is 10.1. The highest BCUT2D eigenvalue weighted by atomic mass is 16.5. The molecule has 2 amide bonds. The van der Waals surface area contributed by atoms with Gasteiger partial charge in [0.05, 0.1) is 12.8 Å². The maximum Gasteiger partial charge on any atom is 0.277 e. The van der Waals surface area contributed by atoms with Gasteiger partial charge in [-0.25, -0.2) is 4.68 Å². The lowest BCUT2D eigenvalue weighted by Gasteiger charge is -2.35. The predicted octanol–water partition coefficient (Wildman–Crippen LogP) is 3.80. The van der Waals surface area contributed by atoms with E-state index in [1.807, 2.05) is 12.1 Å². The van der Waals surface area contributed by atoms with Crippen LogP contribution in [0.25, 0.3) is 5.69 Å². The molecule has 1 aliphatic rings. The van der Waals surface area contributed by atoms with Gasteiger partial charge in [-0.05, 0) is 75.3 Å². The number of carbonyl (C=O) groups is 2. The Kier molecular flexibility index (Phi) is 7.17. The SMILES string of the molecule is CCC(CC)(CN(C)C)c1ccc(N2CCc3c(C(N)=O)nn(-c4ccc(OC)cc4)c3C2=O)cc1. The van der Waals surface area contributed by atoms with Crippen LogP contribution < -0.4 is 15.4 Å². The lowest BCUT2D eigenvalue weighted by Crippen LogP contribution is -2.39. The van der Waals surface area contributed by atoms with Gasteiger partial charge in [-0.15, -0.1) is 0 Å². The monoisotopic (exact) mass is 489 g/mol. The molecule has 0 saturated heterocycles. The first-order valence-electron chi connectivity index (χ1n) is 12.4. The molecule has 8 heteroatoms. The Labute approximate surface area is 212 Å². The number of aromatic nitrogens is 2. The number of hydrogen-bond donors (Lipinski definition) is 1. The van der Waals surface area contributed by atoms with Crippen LogP contribution in [-0.2, 0) is 11.8 Å². The van der Waals surface area contributed by atoms with E-state index in [9.17, 15) is 9.59 Å². The van der Waals surface area contributed by atoms with Crippen LogP contribution in [0.4, 0.5) is 5.69 Å². The quantitative estimate of drug-likeness (QED) is 0.493. The number of benzene rings is 2. The number of ether oxygens (including phenoxy) is 1. The molecule has 4 rings (SSSR count). The van der Waals surface area contributed by atoms with Gasteiger partial charge >= 0.3 is 0 Å². The first-order valence-corrected chi connectivity index (χ1v) is 12.4. The van der Waals surface area contributed by atoms with Gasteiger partial charge in [0, 0.05) is 29.8 Å². The average Bonchev–Trinajstić information content (AvgIpc) is 3.28. The minimum absolute atomic E-state index is 0.0600. The molecule has 1 aromatic heterocycles. The van der Waals surface area contributed by atoms with Crippen molar-refractivity contribution in [1.82, 2.24) is 14.7 Å². The van der Waals surface area contributed by atoms with Crippen LogP contribution in [0.2, 0.25) is 0 Å². The van der Waals surface area contributed by atoms with Gasteiger partial charge in [0.1, 0.15) is 11.4 Å². The van der Waals surface area contributed by atoms with E-state index in [0.717, 1.165) is 25.1 Å². The maximum absolute atomic E-state index is 13.8. The standard InChI is InChI=1S/C28H35N5O3/c1-6-28(7-2,18-31(3)4)19-8-10-20(11-9-19)32-17-16-23-24(26(29)34)30-33(25(23)27(32)35)21-12-14-22(36-5)15-13-21/h8-15H,6-7,16-18H2,1-5H3,(H2,29,34).